The maximum Gasteiger partial charge on any atom is 0.317 e. The molecule has 1 saturated heterocycles. The first-order valence-electron chi connectivity index (χ1n) is 8.66. The number of piperazine rings is 1. The predicted molar refractivity (Wildman–Crippen MR) is 91.3 cm³/mol. The lowest BCUT2D eigenvalue weighted by Crippen LogP contribution is -2.54. The molecule has 0 atom stereocenters. The molecular formula is C18H25N3O3. The largest absolute Gasteiger partial charge is 0.497 e. The molecule has 1 aromatic carbocycles. The van der Waals surface area contributed by atoms with Crippen LogP contribution in [0.5, 0.6) is 5.75 Å². The van der Waals surface area contributed by atoms with Gasteiger partial charge in [-0.05, 0) is 37.1 Å². The molecule has 130 valence electrons. The van der Waals surface area contributed by atoms with Crippen LogP contribution in [0.25, 0.3) is 0 Å². The maximum absolute atomic E-state index is 12.5. The fraction of sp³-hybridized carbons (Fsp3) is 0.556. The molecule has 1 heterocycles. The maximum atomic E-state index is 12.5. The molecule has 6 nitrogen and oxygen atoms in total. The Balaban J connectivity index is 1.50. The number of ether oxygens (including phenoxy) is 1. The van der Waals surface area contributed by atoms with Crippen LogP contribution in [0.15, 0.2) is 24.3 Å². The van der Waals surface area contributed by atoms with Crippen molar-refractivity contribution in [2.75, 3.05) is 33.3 Å². The Labute approximate surface area is 142 Å². The fourth-order valence-corrected chi connectivity index (χ4v) is 3.36. The highest BCUT2D eigenvalue weighted by Crippen LogP contribution is 2.18. The third-order valence-corrected chi connectivity index (χ3v) is 4.87. The molecule has 0 spiro atoms. The Kier molecular flexibility index (Phi) is 5.23. The van der Waals surface area contributed by atoms with Gasteiger partial charge in [0, 0.05) is 37.8 Å². The minimum atomic E-state index is 0.00787. The van der Waals surface area contributed by atoms with Gasteiger partial charge in [0.2, 0.25) is 0 Å². The minimum absolute atomic E-state index is 0.00787. The molecule has 1 saturated carbocycles. The van der Waals surface area contributed by atoms with Gasteiger partial charge in [-0.25, -0.2) is 4.79 Å². The van der Waals surface area contributed by atoms with E-state index in [9.17, 15) is 9.59 Å². The second-order valence-corrected chi connectivity index (χ2v) is 6.44. The molecule has 2 fully saturated rings. The molecule has 0 unspecified atom stereocenters. The van der Waals surface area contributed by atoms with Crippen molar-refractivity contribution in [2.45, 2.75) is 31.7 Å². The lowest BCUT2D eigenvalue weighted by molar-refractivity contribution is 0.0663. The van der Waals surface area contributed by atoms with Crippen LogP contribution in [0.4, 0.5) is 4.79 Å². The number of nitrogens with zero attached hydrogens (tertiary/aromatic N) is 2. The van der Waals surface area contributed by atoms with E-state index >= 15 is 0 Å². The quantitative estimate of drug-likeness (QED) is 0.923. The molecule has 3 amide bonds. The number of amides is 3. The summed E-state index contributed by atoms with van der Waals surface area (Å²) in [5, 5.41) is 3.11. The molecule has 2 aliphatic rings. The van der Waals surface area contributed by atoms with E-state index < -0.39 is 0 Å². The summed E-state index contributed by atoms with van der Waals surface area (Å²) >= 11 is 0. The van der Waals surface area contributed by atoms with E-state index in [1.807, 2.05) is 4.90 Å². The smallest absolute Gasteiger partial charge is 0.317 e. The number of hydrogen-bond donors (Lipinski definition) is 1. The summed E-state index contributed by atoms with van der Waals surface area (Å²) in [4.78, 5) is 28.4. The van der Waals surface area contributed by atoms with Crippen molar-refractivity contribution in [3.05, 3.63) is 29.8 Å². The molecular weight excluding hydrogens is 306 g/mol. The first kappa shape index (κ1) is 16.6. The number of carbonyl (C=O) groups is 2. The molecule has 0 aromatic heterocycles. The molecule has 1 aromatic rings. The summed E-state index contributed by atoms with van der Waals surface area (Å²) in [6.45, 7) is 2.31. The number of urea groups is 1. The van der Waals surface area contributed by atoms with E-state index in [4.69, 9.17) is 4.74 Å². The van der Waals surface area contributed by atoms with E-state index in [1.54, 1.807) is 36.3 Å². The summed E-state index contributed by atoms with van der Waals surface area (Å²) < 4.78 is 5.11. The summed E-state index contributed by atoms with van der Waals surface area (Å²) in [6.07, 6.45) is 4.58. The summed E-state index contributed by atoms with van der Waals surface area (Å²) in [5.74, 6) is 0.744. The SMILES string of the molecule is COc1ccc(C(=O)N2CCN(C(=O)NC3CCCC3)CC2)cc1. The third-order valence-electron chi connectivity index (χ3n) is 4.87. The number of carbonyl (C=O) groups excluding carboxylic acids is 2. The van der Waals surface area contributed by atoms with Crippen molar-refractivity contribution >= 4 is 11.9 Å². The van der Waals surface area contributed by atoms with Crippen molar-refractivity contribution in [3.63, 3.8) is 0 Å². The van der Waals surface area contributed by atoms with Gasteiger partial charge in [-0.1, -0.05) is 12.8 Å². The van der Waals surface area contributed by atoms with Gasteiger partial charge in [0.25, 0.3) is 5.91 Å². The average Bonchev–Trinajstić information content (AvgIpc) is 3.14. The van der Waals surface area contributed by atoms with Gasteiger partial charge in [0.05, 0.1) is 7.11 Å². The predicted octanol–water partition coefficient (Wildman–Crippen LogP) is 2.11. The Hall–Kier alpha value is -2.24. The van der Waals surface area contributed by atoms with Crippen molar-refractivity contribution < 1.29 is 14.3 Å². The van der Waals surface area contributed by atoms with Crippen molar-refractivity contribution in [2.24, 2.45) is 0 Å². The Bertz CT molecular complexity index is 574. The molecule has 0 bridgehead atoms. The van der Waals surface area contributed by atoms with Gasteiger partial charge >= 0.3 is 6.03 Å². The van der Waals surface area contributed by atoms with Crippen molar-refractivity contribution in [3.8, 4) is 5.75 Å². The Morgan fingerprint density at radius 2 is 1.58 bits per heavy atom. The van der Waals surface area contributed by atoms with Crippen LogP contribution >= 0.6 is 0 Å². The average molecular weight is 331 g/mol. The second kappa shape index (κ2) is 7.55. The lowest BCUT2D eigenvalue weighted by atomic mass is 10.1. The van der Waals surface area contributed by atoms with Crippen LogP contribution in [0, 0.1) is 0 Å². The zero-order chi connectivity index (χ0) is 16.9. The van der Waals surface area contributed by atoms with Gasteiger partial charge in [0.1, 0.15) is 5.75 Å². The summed E-state index contributed by atoms with van der Waals surface area (Å²) in [7, 11) is 1.60. The first-order valence-corrected chi connectivity index (χ1v) is 8.66. The van der Waals surface area contributed by atoms with Crippen LogP contribution in [-0.4, -0.2) is 61.1 Å². The Morgan fingerprint density at radius 3 is 2.17 bits per heavy atom. The zero-order valence-electron chi connectivity index (χ0n) is 14.2. The van der Waals surface area contributed by atoms with E-state index in [0.29, 0.717) is 37.8 Å². The number of hydrogen-bond acceptors (Lipinski definition) is 3. The van der Waals surface area contributed by atoms with Crippen LogP contribution in [-0.2, 0) is 0 Å². The van der Waals surface area contributed by atoms with E-state index in [1.165, 1.54) is 12.8 Å². The van der Waals surface area contributed by atoms with Gasteiger partial charge in [-0.3, -0.25) is 4.79 Å². The number of rotatable bonds is 3. The summed E-state index contributed by atoms with van der Waals surface area (Å²) in [6, 6.07) is 7.48. The van der Waals surface area contributed by atoms with Gasteiger partial charge < -0.3 is 19.9 Å². The third kappa shape index (κ3) is 3.80. The molecule has 1 N–H and O–H groups in total. The van der Waals surface area contributed by atoms with Crippen molar-refractivity contribution in [1.82, 2.24) is 15.1 Å². The number of nitrogens with one attached hydrogen (secondary N) is 1. The second-order valence-electron chi connectivity index (χ2n) is 6.44. The molecule has 0 radical (unpaired) electrons. The van der Waals surface area contributed by atoms with Gasteiger partial charge in [0.15, 0.2) is 0 Å². The van der Waals surface area contributed by atoms with Crippen LogP contribution in [0.3, 0.4) is 0 Å². The lowest BCUT2D eigenvalue weighted by Gasteiger charge is -2.35. The van der Waals surface area contributed by atoms with Gasteiger partial charge in [-0.15, -0.1) is 0 Å². The number of benzene rings is 1. The first-order chi connectivity index (χ1) is 11.7. The molecule has 24 heavy (non-hydrogen) atoms. The summed E-state index contributed by atoms with van der Waals surface area (Å²) in [5.41, 5.74) is 0.652. The molecule has 1 aliphatic carbocycles. The highest BCUT2D eigenvalue weighted by Gasteiger charge is 2.26. The molecule has 6 heteroatoms. The minimum Gasteiger partial charge on any atom is -0.497 e. The highest BCUT2D eigenvalue weighted by atomic mass is 16.5. The van der Waals surface area contributed by atoms with E-state index in [-0.39, 0.29) is 11.9 Å². The van der Waals surface area contributed by atoms with Gasteiger partial charge in [-0.2, -0.15) is 0 Å². The fourth-order valence-electron chi connectivity index (χ4n) is 3.36. The van der Waals surface area contributed by atoms with Crippen LogP contribution < -0.4 is 10.1 Å². The normalized spacial score (nSPS) is 18.5. The van der Waals surface area contributed by atoms with Crippen LogP contribution in [0.1, 0.15) is 36.0 Å². The van der Waals surface area contributed by atoms with Crippen molar-refractivity contribution in [1.29, 1.82) is 0 Å². The molecule has 3 rings (SSSR count). The van der Waals surface area contributed by atoms with Crippen LogP contribution in [0.2, 0.25) is 0 Å². The Morgan fingerprint density at radius 1 is 1.00 bits per heavy atom. The monoisotopic (exact) mass is 331 g/mol. The zero-order valence-corrected chi connectivity index (χ0v) is 14.2. The number of methoxy groups -OCH3 is 1. The van der Waals surface area contributed by atoms with E-state index in [0.717, 1.165) is 18.6 Å². The van der Waals surface area contributed by atoms with E-state index in [2.05, 4.69) is 5.32 Å². The standard InChI is InChI=1S/C18H25N3O3/c1-24-16-8-6-14(7-9-16)17(22)20-10-12-21(13-11-20)18(23)19-15-4-2-3-5-15/h6-9,15H,2-5,10-13H2,1H3,(H,19,23). The highest BCUT2D eigenvalue weighted by molar-refractivity contribution is 5.94. The topological polar surface area (TPSA) is 61.9 Å². The molecule has 1 aliphatic heterocycles.